The summed E-state index contributed by atoms with van der Waals surface area (Å²) in [6.07, 6.45) is 5.74. The van der Waals surface area contributed by atoms with Crippen LogP contribution >= 0.6 is 0 Å². The van der Waals surface area contributed by atoms with E-state index in [2.05, 4.69) is 0 Å². The van der Waals surface area contributed by atoms with Gasteiger partial charge in [-0.3, -0.25) is 0 Å². The molecule has 2 rings (SSSR count). The maximum Gasteiger partial charge on any atom is 0.139 e. The largest absolute Gasteiger partial charge is 0.351 e. The van der Waals surface area contributed by atoms with Crippen LogP contribution in [0.25, 0.3) is 0 Å². The fourth-order valence-electron chi connectivity index (χ4n) is 1.56. The highest BCUT2D eigenvalue weighted by molar-refractivity contribution is 5.11. The molecule has 0 atom stereocenters. The number of nitrogens with zero attached hydrogens (tertiary/aromatic N) is 1. The molecule has 1 aromatic heterocycles. The topological polar surface area (TPSA) is 4.93 Å². The minimum Gasteiger partial charge on any atom is -0.351 e. The second-order valence-corrected chi connectivity index (χ2v) is 3.28. The summed E-state index contributed by atoms with van der Waals surface area (Å²) in [4.78, 5) is 0. The molecule has 68 valence electrons. The predicted molar refractivity (Wildman–Crippen MR) is 50.3 cm³/mol. The van der Waals surface area contributed by atoms with Gasteiger partial charge in [-0.05, 0) is 24.5 Å². The van der Waals surface area contributed by atoms with Crippen LogP contribution in [0.1, 0.15) is 12.0 Å². The first-order valence-electron chi connectivity index (χ1n) is 4.53. The molecule has 1 aliphatic rings. The van der Waals surface area contributed by atoms with Crippen LogP contribution in [0.15, 0.2) is 36.7 Å². The molecule has 0 N–H and O–H groups in total. The summed E-state index contributed by atoms with van der Waals surface area (Å²) < 4.78 is 15.0. The molecule has 13 heavy (non-hydrogen) atoms. The quantitative estimate of drug-likeness (QED) is 0.574. The molecule has 0 spiro atoms. The molecule has 1 aromatic rings. The molecule has 0 aliphatic carbocycles. The molecule has 0 unspecified atom stereocenters. The highest BCUT2D eigenvalue weighted by atomic mass is 19.1. The lowest BCUT2D eigenvalue weighted by molar-refractivity contribution is 0.565. The Labute approximate surface area is 77.1 Å². The lowest BCUT2D eigenvalue weighted by Crippen LogP contribution is -2.05. The Balaban J connectivity index is 2.61. The third-order valence-electron chi connectivity index (χ3n) is 2.18. The first-order valence-corrected chi connectivity index (χ1v) is 4.53. The lowest BCUT2D eigenvalue weighted by atomic mass is 10.1. The van der Waals surface area contributed by atoms with Crippen molar-refractivity contribution in [3.05, 3.63) is 48.0 Å². The van der Waals surface area contributed by atoms with Crippen LogP contribution in [0.3, 0.4) is 0 Å². The number of halogens is 1. The molecule has 2 heteroatoms. The average Bonchev–Trinajstić information content (AvgIpc) is 2.17. The van der Waals surface area contributed by atoms with E-state index in [9.17, 15) is 4.39 Å². The SMILES string of the molecule is Fc1ccccc2cn(c1)CCC2. The molecule has 0 aromatic carbocycles. The van der Waals surface area contributed by atoms with Gasteiger partial charge in [-0.1, -0.05) is 18.2 Å². The summed E-state index contributed by atoms with van der Waals surface area (Å²) >= 11 is 0. The molecule has 2 heterocycles. The Hall–Kier alpha value is -1.31. The van der Waals surface area contributed by atoms with Crippen molar-refractivity contribution in [1.29, 1.82) is 0 Å². The van der Waals surface area contributed by atoms with Crippen LogP contribution < -0.4 is 0 Å². The zero-order chi connectivity index (χ0) is 9.10. The van der Waals surface area contributed by atoms with E-state index in [0.29, 0.717) is 0 Å². The number of aryl methyl sites for hydroxylation is 2. The second-order valence-electron chi connectivity index (χ2n) is 3.28. The van der Waals surface area contributed by atoms with Gasteiger partial charge in [-0.2, -0.15) is 0 Å². The molecule has 0 saturated carbocycles. The minimum atomic E-state index is -0.191. The van der Waals surface area contributed by atoms with Crippen molar-refractivity contribution in [3.8, 4) is 0 Å². The first-order chi connectivity index (χ1) is 6.34. The van der Waals surface area contributed by atoms with Crippen molar-refractivity contribution >= 4 is 0 Å². The summed E-state index contributed by atoms with van der Waals surface area (Å²) in [5.41, 5.74) is 1.27. The van der Waals surface area contributed by atoms with E-state index in [4.69, 9.17) is 0 Å². The van der Waals surface area contributed by atoms with Gasteiger partial charge in [0.05, 0.1) is 0 Å². The van der Waals surface area contributed by atoms with Gasteiger partial charge in [0.25, 0.3) is 0 Å². The Morgan fingerprint density at radius 3 is 2.92 bits per heavy atom. The van der Waals surface area contributed by atoms with Crippen LogP contribution in [0.4, 0.5) is 4.39 Å². The van der Waals surface area contributed by atoms with E-state index in [1.165, 1.54) is 11.6 Å². The van der Waals surface area contributed by atoms with Crippen molar-refractivity contribution in [2.24, 2.45) is 0 Å². The number of hydrogen-bond acceptors (Lipinski definition) is 0. The Morgan fingerprint density at radius 1 is 1.15 bits per heavy atom. The monoisotopic (exact) mass is 177 g/mol. The molecule has 0 saturated heterocycles. The first kappa shape index (κ1) is 8.30. The zero-order valence-corrected chi connectivity index (χ0v) is 7.41. The number of fused-ring (bicyclic) bond motifs is 2. The van der Waals surface area contributed by atoms with E-state index in [0.717, 1.165) is 19.4 Å². The fraction of sp³-hybridized carbons (Fsp3) is 0.273. The third kappa shape index (κ3) is 2.08. The highest BCUT2D eigenvalue weighted by Crippen LogP contribution is 2.08. The smallest absolute Gasteiger partial charge is 0.139 e. The molecule has 0 radical (unpaired) electrons. The van der Waals surface area contributed by atoms with Gasteiger partial charge in [0.1, 0.15) is 5.82 Å². The molecular weight excluding hydrogens is 165 g/mol. The van der Waals surface area contributed by atoms with E-state index < -0.39 is 0 Å². The van der Waals surface area contributed by atoms with Gasteiger partial charge in [-0.15, -0.1) is 0 Å². The Bertz CT molecular complexity index is 349. The van der Waals surface area contributed by atoms with Crippen molar-refractivity contribution in [2.75, 3.05) is 0 Å². The standard InChI is InChI=1S/C11H12FN/c12-11-6-2-1-4-10-5-3-7-13(8-10)9-11/h1-2,4,6,8-9H,3,5,7H2. The third-order valence-corrected chi connectivity index (χ3v) is 2.18. The van der Waals surface area contributed by atoms with Crippen molar-refractivity contribution in [3.63, 3.8) is 0 Å². The van der Waals surface area contributed by atoms with Crippen LogP contribution in [0.2, 0.25) is 0 Å². The summed E-state index contributed by atoms with van der Waals surface area (Å²) in [6, 6.07) is 7.13. The molecule has 0 fully saturated rings. The minimum absolute atomic E-state index is 0.191. The van der Waals surface area contributed by atoms with Crippen LogP contribution in [0.5, 0.6) is 0 Å². The van der Waals surface area contributed by atoms with Gasteiger partial charge in [0, 0.05) is 18.9 Å². The number of hydrogen-bond donors (Lipinski definition) is 0. The van der Waals surface area contributed by atoms with Gasteiger partial charge >= 0.3 is 0 Å². The van der Waals surface area contributed by atoms with E-state index >= 15 is 0 Å². The Morgan fingerprint density at radius 2 is 2.00 bits per heavy atom. The lowest BCUT2D eigenvalue weighted by Gasteiger charge is -2.11. The molecular formula is C11H12FN. The van der Waals surface area contributed by atoms with E-state index in [-0.39, 0.29) is 5.82 Å². The van der Waals surface area contributed by atoms with Gasteiger partial charge in [0.2, 0.25) is 0 Å². The number of rotatable bonds is 0. The number of aromatic nitrogens is 1. The van der Waals surface area contributed by atoms with Crippen LogP contribution in [-0.4, -0.2) is 4.57 Å². The van der Waals surface area contributed by atoms with E-state index in [1.807, 2.05) is 22.9 Å². The molecule has 2 bridgehead atoms. The normalized spacial score (nSPS) is 13.6. The van der Waals surface area contributed by atoms with Crippen molar-refractivity contribution in [1.82, 2.24) is 4.57 Å². The summed E-state index contributed by atoms with van der Waals surface area (Å²) in [7, 11) is 0. The summed E-state index contributed by atoms with van der Waals surface area (Å²) in [5.74, 6) is -0.191. The fourth-order valence-corrected chi connectivity index (χ4v) is 1.56. The molecule has 1 nitrogen and oxygen atoms in total. The highest BCUT2D eigenvalue weighted by Gasteiger charge is 1.99. The molecule has 0 amide bonds. The van der Waals surface area contributed by atoms with Crippen molar-refractivity contribution < 1.29 is 4.39 Å². The van der Waals surface area contributed by atoms with Gasteiger partial charge in [-0.25, -0.2) is 4.39 Å². The van der Waals surface area contributed by atoms with Crippen molar-refractivity contribution in [2.45, 2.75) is 19.4 Å². The van der Waals surface area contributed by atoms with Gasteiger partial charge < -0.3 is 4.57 Å². The average molecular weight is 177 g/mol. The van der Waals surface area contributed by atoms with Crippen LogP contribution in [-0.2, 0) is 13.0 Å². The predicted octanol–water partition coefficient (Wildman–Crippen LogP) is 2.70. The van der Waals surface area contributed by atoms with Crippen LogP contribution in [0, 0.1) is 5.82 Å². The maximum atomic E-state index is 13.1. The van der Waals surface area contributed by atoms with E-state index in [1.54, 1.807) is 12.3 Å². The van der Waals surface area contributed by atoms with Gasteiger partial charge in [0.15, 0.2) is 0 Å². The summed E-state index contributed by atoms with van der Waals surface area (Å²) in [6.45, 7) is 0.915. The summed E-state index contributed by atoms with van der Waals surface area (Å²) in [5, 5.41) is 0. The maximum absolute atomic E-state index is 13.1. The second kappa shape index (κ2) is 3.60. The zero-order valence-electron chi connectivity index (χ0n) is 7.41. The molecule has 1 aliphatic heterocycles. The Kier molecular flexibility index (Phi) is 2.30.